The van der Waals surface area contributed by atoms with Crippen LogP contribution in [0.2, 0.25) is 0 Å². The van der Waals surface area contributed by atoms with E-state index in [1.54, 1.807) is 36.7 Å². The van der Waals surface area contributed by atoms with Crippen molar-refractivity contribution in [3.63, 3.8) is 0 Å². The molecule has 130 valence electrons. The number of nitrogens with zero attached hydrogens (tertiary/aromatic N) is 3. The van der Waals surface area contributed by atoms with Gasteiger partial charge in [0.05, 0.1) is 23.7 Å². The molecule has 2 aromatic rings. The minimum absolute atomic E-state index is 0.0612. The molecule has 0 aliphatic carbocycles. The van der Waals surface area contributed by atoms with Crippen molar-refractivity contribution in [3.05, 3.63) is 64.0 Å². The molecule has 2 heterocycles. The third-order valence-corrected chi connectivity index (χ3v) is 3.85. The van der Waals surface area contributed by atoms with Crippen molar-refractivity contribution in [1.82, 2.24) is 4.98 Å². The Labute approximate surface area is 144 Å². The van der Waals surface area contributed by atoms with Crippen LogP contribution in [0.3, 0.4) is 0 Å². The Bertz CT molecular complexity index is 760. The molecule has 8 heteroatoms. The Morgan fingerprint density at radius 3 is 2.80 bits per heavy atom. The van der Waals surface area contributed by atoms with Gasteiger partial charge in [0, 0.05) is 37.1 Å². The first-order chi connectivity index (χ1) is 12.1. The fraction of sp³-hybridized carbons (Fsp3) is 0.294. The van der Waals surface area contributed by atoms with Gasteiger partial charge in [0.25, 0.3) is 5.69 Å². The fourth-order valence-corrected chi connectivity index (χ4v) is 2.58. The first kappa shape index (κ1) is 16.8. The Kier molecular flexibility index (Phi) is 5.20. The average molecular weight is 343 g/mol. The van der Waals surface area contributed by atoms with Crippen LogP contribution < -0.4 is 4.90 Å². The Morgan fingerprint density at radius 1 is 1.32 bits per heavy atom. The highest BCUT2D eigenvalue weighted by atomic mass is 16.6. The van der Waals surface area contributed by atoms with Crippen LogP contribution in [0.15, 0.2) is 42.7 Å². The topological polar surface area (TPSA) is 94.8 Å². The Balaban J connectivity index is 1.76. The number of nitro benzene ring substituents is 1. The lowest BCUT2D eigenvalue weighted by molar-refractivity contribution is -0.384. The number of nitro groups is 1. The number of ether oxygens (including phenoxy) is 2. The third-order valence-electron chi connectivity index (χ3n) is 3.85. The van der Waals surface area contributed by atoms with Crippen LogP contribution in [0.5, 0.6) is 0 Å². The molecule has 1 fully saturated rings. The van der Waals surface area contributed by atoms with Gasteiger partial charge in [-0.15, -0.1) is 0 Å². The van der Waals surface area contributed by atoms with Gasteiger partial charge < -0.3 is 14.4 Å². The number of hydrogen-bond donors (Lipinski definition) is 0. The van der Waals surface area contributed by atoms with Gasteiger partial charge in [0.2, 0.25) is 0 Å². The van der Waals surface area contributed by atoms with Crippen LogP contribution in [0.1, 0.15) is 15.9 Å². The van der Waals surface area contributed by atoms with E-state index in [9.17, 15) is 14.9 Å². The number of esters is 1. The zero-order valence-corrected chi connectivity index (χ0v) is 13.5. The van der Waals surface area contributed by atoms with Gasteiger partial charge in [0.15, 0.2) is 0 Å². The molecule has 1 aliphatic rings. The monoisotopic (exact) mass is 343 g/mol. The van der Waals surface area contributed by atoms with Crippen LogP contribution in [0.25, 0.3) is 0 Å². The second kappa shape index (κ2) is 7.71. The minimum Gasteiger partial charge on any atom is -0.457 e. The molecule has 1 saturated heterocycles. The quantitative estimate of drug-likeness (QED) is 0.466. The Morgan fingerprint density at radius 2 is 2.12 bits per heavy atom. The molecule has 0 unspecified atom stereocenters. The first-order valence-corrected chi connectivity index (χ1v) is 7.82. The van der Waals surface area contributed by atoms with Gasteiger partial charge in [-0.2, -0.15) is 0 Å². The molecule has 0 N–H and O–H groups in total. The number of benzene rings is 1. The molecule has 0 saturated carbocycles. The second-order valence-corrected chi connectivity index (χ2v) is 5.50. The maximum absolute atomic E-state index is 12.2. The maximum Gasteiger partial charge on any atom is 0.338 e. The summed E-state index contributed by atoms with van der Waals surface area (Å²) in [6, 6.07) is 7.92. The third kappa shape index (κ3) is 4.10. The molecule has 0 radical (unpaired) electrons. The molecule has 1 aliphatic heterocycles. The summed E-state index contributed by atoms with van der Waals surface area (Å²) in [5, 5.41) is 11.4. The number of carbonyl (C=O) groups is 1. The molecular weight excluding hydrogens is 326 g/mol. The number of morpholine rings is 1. The van der Waals surface area contributed by atoms with E-state index in [1.165, 1.54) is 6.07 Å². The van der Waals surface area contributed by atoms with Gasteiger partial charge in [-0.25, -0.2) is 4.79 Å². The van der Waals surface area contributed by atoms with E-state index in [0.29, 0.717) is 32.0 Å². The summed E-state index contributed by atoms with van der Waals surface area (Å²) >= 11 is 0. The molecule has 0 spiro atoms. The van der Waals surface area contributed by atoms with E-state index in [-0.39, 0.29) is 17.9 Å². The number of carbonyl (C=O) groups excluding carboxylic acids is 1. The fourth-order valence-electron chi connectivity index (χ4n) is 2.58. The Hall–Kier alpha value is -3.00. The van der Waals surface area contributed by atoms with Crippen molar-refractivity contribution in [3.8, 4) is 0 Å². The summed E-state index contributed by atoms with van der Waals surface area (Å²) in [5.41, 5.74) is 1.26. The molecule has 0 amide bonds. The molecule has 0 bridgehead atoms. The zero-order valence-electron chi connectivity index (χ0n) is 13.5. The van der Waals surface area contributed by atoms with Crippen molar-refractivity contribution >= 4 is 17.3 Å². The van der Waals surface area contributed by atoms with Gasteiger partial charge in [-0.1, -0.05) is 6.07 Å². The van der Waals surface area contributed by atoms with E-state index < -0.39 is 10.9 Å². The number of pyridine rings is 1. The van der Waals surface area contributed by atoms with E-state index >= 15 is 0 Å². The van der Waals surface area contributed by atoms with Crippen LogP contribution in [0.4, 0.5) is 11.4 Å². The molecule has 1 aromatic heterocycles. The van der Waals surface area contributed by atoms with Gasteiger partial charge >= 0.3 is 5.97 Å². The predicted molar refractivity (Wildman–Crippen MR) is 89.5 cm³/mol. The summed E-state index contributed by atoms with van der Waals surface area (Å²) in [6.07, 6.45) is 3.22. The molecule has 25 heavy (non-hydrogen) atoms. The lowest BCUT2D eigenvalue weighted by atomic mass is 10.1. The van der Waals surface area contributed by atoms with Crippen molar-refractivity contribution < 1.29 is 19.2 Å². The number of anilines is 1. The van der Waals surface area contributed by atoms with Crippen molar-refractivity contribution in [2.24, 2.45) is 0 Å². The smallest absolute Gasteiger partial charge is 0.338 e. The van der Waals surface area contributed by atoms with Crippen molar-refractivity contribution in [1.29, 1.82) is 0 Å². The van der Waals surface area contributed by atoms with Crippen LogP contribution >= 0.6 is 0 Å². The summed E-state index contributed by atoms with van der Waals surface area (Å²) in [6.45, 7) is 2.25. The molecule has 0 atom stereocenters. The highest BCUT2D eigenvalue weighted by Gasteiger charge is 2.23. The molecule has 3 rings (SSSR count). The average Bonchev–Trinajstić information content (AvgIpc) is 2.67. The van der Waals surface area contributed by atoms with E-state index in [2.05, 4.69) is 4.98 Å². The van der Waals surface area contributed by atoms with Crippen molar-refractivity contribution in [2.75, 3.05) is 31.2 Å². The standard InChI is InChI=1S/C17H17N3O5/c21-17(25-12-13-2-1-5-18-11-13)14-3-4-15(16(10-14)20(22)23)19-6-8-24-9-7-19/h1-5,10-11H,6-9,12H2. The van der Waals surface area contributed by atoms with E-state index in [4.69, 9.17) is 9.47 Å². The second-order valence-electron chi connectivity index (χ2n) is 5.50. The van der Waals surface area contributed by atoms with E-state index in [0.717, 1.165) is 5.56 Å². The van der Waals surface area contributed by atoms with Crippen LogP contribution in [-0.2, 0) is 16.1 Å². The number of hydrogen-bond acceptors (Lipinski definition) is 7. The predicted octanol–water partition coefficient (Wildman–Crippen LogP) is 2.18. The maximum atomic E-state index is 12.2. The zero-order chi connectivity index (χ0) is 17.6. The lowest BCUT2D eigenvalue weighted by Crippen LogP contribution is -2.36. The van der Waals surface area contributed by atoms with Crippen molar-refractivity contribution in [2.45, 2.75) is 6.61 Å². The highest BCUT2D eigenvalue weighted by Crippen LogP contribution is 2.30. The summed E-state index contributed by atoms with van der Waals surface area (Å²) in [7, 11) is 0. The largest absolute Gasteiger partial charge is 0.457 e. The lowest BCUT2D eigenvalue weighted by Gasteiger charge is -2.28. The summed E-state index contributed by atoms with van der Waals surface area (Å²) < 4.78 is 10.5. The van der Waals surface area contributed by atoms with Gasteiger partial charge in [0.1, 0.15) is 12.3 Å². The number of rotatable bonds is 5. The summed E-state index contributed by atoms with van der Waals surface area (Å²) in [4.78, 5) is 28.9. The van der Waals surface area contributed by atoms with Gasteiger partial charge in [-0.05, 0) is 18.2 Å². The normalized spacial score (nSPS) is 14.2. The van der Waals surface area contributed by atoms with Crippen LogP contribution in [0, 0.1) is 10.1 Å². The molecule has 8 nitrogen and oxygen atoms in total. The van der Waals surface area contributed by atoms with Gasteiger partial charge in [-0.3, -0.25) is 15.1 Å². The molecular formula is C17H17N3O5. The van der Waals surface area contributed by atoms with E-state index in [1.807, 2.05) is 4.90 Å². The number of aromatic nitrogens is 1. The van der Waals surface area contributed by atoms with Crippen LogP contribution in [-0.4, -0.2) is 42.2 Å². The first-order valence-electron chi connectivity index (χ1n) is 7.82. The highest BCUT2D eigenvalue weighted by molar-refractivity contribution is 5.91. The minimum atomic E-state index is -0.611. The SMILES string of the molecule is O=C(OCc1cccnc1)c1ccc(N2CCOCC2)c([N+](=O)[O-])c1. The summed E-state index contributed by atoms with van der Waals surface area (Å²) in [5.74, 6) is -0.611. The molecule has 1 aromatic carbocycles.